The summed E-state index contributed by atoms with van der Waals surface area (Å²) in [5, 5.41) is 0. The van der Waals surface area contributed by atoms with Gasteiger partial charge in [0.2, 0.25) is 0 Å². The number of imidazole rings is 1. The fraction of sp³-hybridized carbons (Fsp3) is 0.500. The van der Waals surface area contributed by atoms with Gasteiger partial charge in [-0.05, 0) is 25.3 Å². The third-order valence-electron chi connectivity index (χ3n) is 3.77. The van der Waals surface area contributed by atoms with E-state index in [1.165, 1.54) is 30.5 Å². The third-order valence-corrected chi connectivity index (χ3v) is 3.77. The SMILES string of the molecule is CC(C)c1[nH]c(CCCCCCN)nc1-c1ccccc1. The molecule has 1 heterocycles. The maximum absolute atomic E-state index is 5.52. The summed E-state index contributed by atoms with van der Waals surface area (Å²) in [4.78, 5) is 8.37. The second-order valence-electron chi connectivity index (χ2n) is 5.92. The number of aryl methyl sites for hydroxylation is 1. The first-order valence-corrected chi connectivity index (χ1v) is 8.06. The van der Waals surface area contributed by atoms with Crippen LogP contribution in [0.5, 0.6) is 0 Å². The molecular formula is C18H27N3. The molecule has 1 aromatic carbocycles. The van der Waals surface area contributed by atoms with Crippen molar-refractivity contribution in [3.63, 3.8) is 0 Å². The normalized spacial score (nSPS) is 11.2. The van der Waals surface area contributed by atoms with Crippen molar-refractivity contribution in [3.8, 4) is 11.3 Å². The Morgan fingerprint density at radius 3 is 2.43 bits per heavy atom. The molecule has 1 aromatic heterocycles. The Labute approximate surface area is 128 Å². The molecule has 0 fully saturated rings. The summed E-state index contributed by atoms with van der Waals surface area (Å²) < 4.78 is 0. The average Bonchev–Trinajstić information content (AvgIpc) is 2.92. The summed E-state index contributed by atoms with van der Waals surface area (Å²) in [7, 11) is 0. The van der Waals surface area contributed by atoms with Crippen molar-refractivity contribution < 1.29 is 0 Å². The molecule has 0 aliphatic heterocycles. The zero-order valence-electron chi connectivity index (χ0n) is 13.2. The van der Waals surface area contributed by atoms with Gasteiger partial charge in [-0.2, -0.15) is 0 Å². The number of nitrogens with two attached hydrogens (primary N) is 1. The standard InChI is InChI=1S/C18H27N3/c1-14(2)17-18(15-10-6-5-7-11-15)21-16(20-17)12-8-3-4-9-13-19/h5-7,10-11,14H,3-4,8-9,12-13,19H2,1-2H3,(H,20,21). The molecule has 3 nitrogen and oxygen atoms in total. The fourth-order valence-corrected chi connectivity index (χ4v) is 2.58. The summed E-state index contributed by atoms with van der Waals surface area (Å²) in [5.74, 6) is 1.57. The van der Waals surface area contributed by atoms with Gasteiger partial charge in [-0.25, -0.2) is 4.98 Å². The number of aromatic nitrogens is 2. The average molecular weight is 285 g/mol. The lowest BCUT2D eigenvalue weighted by Crippen LogP contribution is -1.98. The van der Waals surface area contributed by atoms with Crippen LogP contribution < -0.4 is 5.73 Å². The number of aromatic amines is 1. The zero-order valence-corrected chi connectivity index (χ0v) is 13.2. The van der Waals surface area contributed by atoms with E-state index in [9.17, 15) is 0 Å². The van der Waals surface area contributed by atoms with Gasteiger partial charge in [0.15, 0.2) is 0 Å². The van der Waals surface area contributed by atoms with Gasteiger partial charge in [-0.15, -0.1) is 0 Å². The molecule has 3 N–H and O–H groups in total. The number of hydrogen-bond acceptors (Lipinski definition) is 2. The summed E-state index contributed by atoms with van der Waals surface area (Å²) in [5.41, 5.74) is 9.09. The lowest BCUT2D eigenvalue weighted by Gasteiger charge is -2.05. The molecule has 0 aliphatic rings. The van der Waals surface area contributed by atoms with Gasteiger partial charge in [0, 0.05) is 17.7 Å². The minimum Gasteiger partial charge on any atom is -0.345 e. The molecule has 0 bridgehead atoms. The Bertz CT molecular complexity index is 529. The van der Waals surface area contributed by atoms with Crippen LogP contribution in [-0.2, 0) is 6.42 Å². The smallest absolute Gasteiger partial charge is 0.107 e. The molecule has 2 rings (SSSR count). The van der Waals surface area contributed by atoms with Crippen LogP contribution in [-0.4, -0.2) is 16.5 Å². The van der Waals surface area contributed by atoms with Crippen molar-refractivity contribution in [2.45, 2.75) is 51.9 Å². The molecule has 2 aromatic rings. The molecule has 114 valence electrons. The van der Waals surface area contributed by atoms with Gasteiger partial charge in [0.1, 0.15) is 5.82 Å². The lowest BCUT2D eigenvalue weighted by atomic mass is 10.0. The van der Waals surface area contributed by atoms with E-state index in [4.69, 9.17) is 10.7 Å². The Balaban J connectivity index is 2.07. The number of benzene rings is 1. The monoisotopic (exact) mass is 285 g/mol. The highest BCUT2D eigenvalue weighted by Crippen LogP contribution is 2.27. The highest BCUT2D eigenvalue weighted by molar-refractivity contribution is 5.62. The van der Waals surface area contributed by atoms with Crippen LogP contribution in [0.25, 0.3) is 11.3 Å². The summed E-state index contributed by atoms with van der Waals surface area (Å²) in [6.07, 6.45) is 5.79. The summed E-state index contributed by atoms with van der Waals surface area (Å²) in [6.45, 7) is 5.23. The molecule has 0 aliphatic carbocycles. The van der Waals surface area contributed by atoms with E-state index in [1.807, 2.05) is 6.07 Å². The van der Waals surface area contributed by atoms with Gasteiger partial charge < -0.3 is 10.7 Å². The number of rotatable bonds is 8. The summed E-state index contributed by atoms with van der Waals surface area (Å²) >= 11 is 0. The third kappa shape index (κ3) is 4.43. The van der Waals surface area contributed by atoms with Crippen LogP contribution >= 0.6 is 0 Å². The molecule has 0 saturated heterocycles. The van der Waals surface area contributed by atoms with Crippen molar-refractivity contribution in [3.05, 3.63) is 41.9 Å². The predicted octanol–water partition coefficient (Wildman–Crippen LogP) is 4.26. The van der Waals surface area contributed by atoms with Crippen molar-refractivity contribution in [2.24, 2.45) is 5.73 Å². The van der Waals surface area contributed by atoms with E-state index in [2.05, 4.69) is 43.1 Å². The minimum atomic E-state index is 0.457. The Morgan fingerprint density at radius 2 is 1.76 bits per heavy atom. The number of hydrogen-bond donors (Lipinski definition) is 2. The van der Waals surface area contributed by atoms with Crippen LogP contribution in [0.1, 0.15) is 57.0 Å². The largest absolute Gasteiger partial charge is 0.345 e. The first-order chi connectivity index (χ1) is 10.2. The molecule has 0 radical (unpaired) electrons. The van der Waals surface area contributed by atoms with Gasteiger partial charge in [0.25, 0.3) is 0 Å². The van der Waals surface area contributed by atoms with Crippen LogP contribution in [0.15, 0.2) is 30.3 Å². The maximum Gasteiger partial charge on any atom is 0.107 e. The van der Waals surface area contributed by atoms with Gasteiger partial charge in [-0.3, -0.25) is 0 Å². The van der Waals surface area contributed by atoms with Crippen molar-refractivity contribution >= 4 is 0 Å². The number of nitrogens with one attached hydrogen (secondary N) is 1. The second kappa shape index (κ2) is 7.99. The highest BCUT2D eigenvalue weighted by Gasteiger charge is 2.14. The van der Waals surface area contributed by atoms with E-state index in [1.54, 1.807) is 0 Å². The van der Waals surface area contributed by atoms with Crippen molar-refractivity contribution in [1.82, 2.24) is 9.97 Å². The first-order valence-electron chi connectivity index (χ1n) is 8.06. The van der Waals surface area contributed by atoms with Gasteiger partial charge in [-0.1, -0.05) is 57.0 Å². The summed E-state index contributed by atoms with van der Waals surface area (Å²) in [6, 6.07) is 10.4. The molecule has 0 unspecified atom stereocenters. The Hall–Kier alpha value is -1.61. The molecule has 0 spiro atoms. The van der Waals surface area contributed by atoms with E-state index in [0.29, 0.717) is 5.92 Å². The molecule has 0 atom stereocenters. The van der Waals surface area contributed by atoms with Crippen LogP contribution in [0.2, 0.25) is 0 Å². The second-order valence-corrected chi connectivity index (χ2v) is 5.92. The van der Waals surface area contributed by atoms with Crippen LogP contribution in [0.4, 0.5) is 0 Å². The zero-order chi connectivity index (χ0) is 15.1. The van der Waals surface area contributed by atoms with E-state index >= 15 is 0 Å². The minimum absolute atomic E-state index is 0.457. The number of unbranched alkanes of at least 4 members (excludes halogenated alkanes) is 3. The fourth-order valence-electron chi connectivity index (χ4n) is 2.58. The topological polar surface area (TPSA) is 54.7 Å². The van der Waals surface area contributed by atoms with E-state index in [0.717, 1.165) is 30.9 Å². The van der Waals surface area contributed by atoms with Gasteiger partial charge >= 0.3 is 0 Å². The quantitative estimate of drug-likeness (QED) is 0.712. The predicted molar refractivity (Wildman–Crippen MR) is 89.3 cm³/mol. The Morgan fingerprint density at radius 1 is 1.05 bits per heavy atom. The molecule has 0 amide bonds. The van der Waals surface area contributed by atoms with E-state index in [-0.39, 0.29) is 0 Å². The van der Waals surface area contributed by atoms with Crippen LogP contribution in [0.3, 0.4) is 0 Å². The van der Waals surface area contributed by atoms with Crippen LogP contribution in [0, 0.1) is 0 Å². The number of nitrogens with zero attached hydrogens (tertiary/aromatic N) is 1. The first kappa shape index (κ1) is 15.8. The highest BCUT2D eigenvalue weighted by atomic mass is 14.9. The van der Waals surface area contributed by atoms with Gasteiger partial charge in [0.05, 0.1) is 5.69 Å². The molecule has 3 heteroatoms. The van der Waals surface area contributed by atoms with Crippen molar-refractivity contribution in [1.29, 1.82) is 0 Å². The molecule has 0 saturated carbocycles. The van der Waals surface area contributed by atoms with E-state index < -0.39 is 0 Å². The van der Waals surface area contributed by atoms with Crippen molar-refractivity contribution in [2.75, 3.05) is 6.54 Å². The maximum atomic E-state index is 5.52. The Kier molecular flexibility index (Phi) is 6.00. The lowest BCUT2D eigenvalue weighted by molar-refractivity contribution is 0.636. The molecule has 21 heavy (non-hydrogen) atoms. The molecular weight excluding hydrogens is 258 g/mol. The number of H-pyrrole nitrogens is 1.